The quantitative estimate of drug-likeness (QED) is 0.484. The number of ketones is 1. The number of Topliss-reactive ketones (excluding diaryl/α,β-unsaturated/α-hetero) is 1. The lowest BCUT2D eigenvalue weighted by molar-refractivity contribution is -0.124. The fourth-order valence-corrected chi connectivity index (χ4v) is 1.39. The Morgan fingerprint density at radius 2 is 1.68 bits per heavy atom. The number of ether oxygens (including phenoxy) is 3. The second-order valence-corrected chi connectivity index (χ2v) is 5.41. The summed E-state index contributed by atoms with van der Waals surface area (Å²) >= 11 is 0. The Hall–Kier alpha value is -0.450. The minimum Gasteiger partial charge on any atom is -0.379 e. The molecule has 0 radical (unpaired) electrons. The Bertz CT molecular complexity index is 214. The average molecular weight is 274 g/mol. The molecule has 0 rings (SSSR count). The maximum absolute atomic E-state index is 11.5. The maximum atomic E-state index is 11.5. The molecule has 19 heavy (non-hydrogen) atoms. The molecule has 4 nitrogen and oxygen atoms in total. The van der Waals surface area contributed by atoms with Crippen LogP contribution in [0.4, 0.5) is 0 Å². The topological polar surface area (TPSA) is 44.8 Å². The molecular formula is C15H30O4. The predicted octanol–water partition coefficient (Wildman–Crippen LogP) is 2.84. The molecule has 0 N–H and O–H groups in total. The first-order chi connectivity index (χ1) is 9.02. The standard InChI is InChI=1S/C15H30O4/c1-13(2)7-9-18-12-15(16)6-5-8-17-10-11-19-14(3)4/h13-14H,5-12H2,1-4H3. The van der Waals surface area contributed by atoms with Crippen molar-refractivity contribution in [1.29, 1.82) is 0 Å². The van der Waals surface area contributed by atoms with Crippen molar-refractivity contribution in [3.63, 3.8) is 0 Å². The van der Waals surface area contributed by atoms with Gasteiger partial charge in [0.15, 0.2) is 5.78 Å². The Labute approximate surface area is 117 Å². The minimum atomic E-state index is 0.158. The molecule has 0 fully saturated rings. The zero-order valence-electron chi connectivity index (χ0n) is 12.9. The molecule has 0 saturated carbocycles. The van der Waals surface area contributed by atoms with Gasteiger partial charge in [-0.25, -0.2) is 0 Å². The van der Waals surface area contributed by atoms with Gasteiger partial charge in [-0.3, -0.25) is 4.79 Å². The highest BCUT2D eigenvalue weighted by molar-refractivity contribution is 5.79. The van der Waals surface area contributed by atoms with Crippen molar-refractivity contribution in [2.24, 2.45) is 5.92 Å². The van der Waals surface area contributed by atoms with E-state index in [4.69, 9.17) is 14.2 Å². The molecule has 0 aliphatic rings. The fourth-order valence-electron chi connectivity index (χ4n) is 1.39. The van der Waals surface area contributed by atoms with Crippen LogP contribution in [0.1, 0.15) is 47.0 Å². The van der Waals surface area contributed by atoms with E-state index >= 15 is 0 Å². The number of rotatable bonds is 13. The highest BCUT2D eigenvalue weighted by atomic mass is 16.5. The molecule has 0 bridgehead atoms. The van der Waals surface area contributed by atoms with Crippen LogP contribution in [-0.4, -0.2) is 44.9 Å². The largest absolute Gasteiger partial charge is 0.379 e. The van der Waals surface area contributed by atoms with Gasteiger partial charge >= 0.3 is 0 Å². The van der Waals surface area contributed by atoms with Crippen LogP contribution in [0.2, 0.25) is 0 Å². The van der Waals surface area contributed by atoms with Crippen LogP contribution in [0, 0.1) is 5.92 Å². The first-order valence-electron chi connectivity index (χ1n) is 7.31. The summed E-state index contributed by atoms with van der Waals surface area (Å²) in [6, 6.07) is 0. The first-order valence-corrected chi connectivity index (χ1v) is 7.31. The van der Waals surface area contributed by atoms with Crippen molar-refractivity contribution in [2.75, 3.05) is 33.0 Å². The fraction of sp³-hybridized carbons (Fsp3) is 0.933. The summed E-state index contributed by atoms with van der Waals surface area (Å²) in [6.07, 6.45) is 2.54. The van der Waals surface area contributed by atoms with Gasteiger partial charge in [-0.1, -0.05) is 13.8 Å². The van der Waals surface area contributed by atoms with Crippen LogP contribution in [0.3, 0.4) is 0 Å². The minimum absolute atomic E-state index is 0.158. The number of hydrogen-bond donors (Lipinski definition) is 0. The van der Waals surface area contributed by atoms with Gasteiger partial charge in [-0.15, -0.1) is 0 Å². The van der Waals surface area contributed by atoms with Gasteiger partial charge in [-0.05, 0) is 32.6 Å². The summed E-state index contributed by atoms with van der Waals surface area (Å²) < 4.78 is 16.0. The van der Waals surface area contributed by atoms with Gasteiger partial charge in [0.2, 0.25) is 0 Å². The summed E-state index contributed by atoms with van der Waals surface area (Å²) in [5.74, 6) is 0.780. The van der Waals surface area contributed by atoms with E-state index < -0.39 is 0 Å². The molecule has 0 aliphatic heterocycles. The van der Waals surface area contributed by atoms with E-state index in [0.29, 0.717) is 38.8 Å². The predicted molar refractivity (Wildman–Crippen MR) is 76.4 cm³/mol. The van der Waals surface area contributed by atoms with E-state index in [1.165, 1.54) is 0 Å². The van der Waals surface area contributed by atoms with Crippen LogP contribution in [0.5, 0.6) is 0 Å². The van der Waals surface area contributed by atoms with Crippen LogP contribution >= 0.6 is 0 Å². The van der Waals surface area contributed by atoms with Crippen LogP contribution in [0.25, 0.3) is 0 Å². The molecule has 0 aromatic rings. The molecule has 0 saturated heterocycles. The van der Waals surface area contributed by atoms with Crippen molar-refractivity contribution >= 4 is 5.78 Å². The Morgan fingerprint density at radius 1 is 0.947 bits per heavy atom. The molecule has 0 aromatic carbocycles. The summed E-state index contributed by atoms with van der Waals surface area (Å²) in [7, 11) is 0. The number of carbonyl (C=O) groups is 1. The highest BCUT2D eigenvalue weighted by Gasteiger charge is 2.02. The zero-order valence-corrected chi connectivity index (χ0v) is 12.9. The molecule has 0 heterocycles. The molecule has 0 atom stereocenters. The second kappa shape index (κ2) is 12.6. The van der Waals surface area contributed by atoms with E-state index in [9.17, 15) is 4.79 Å². The van der Waals surface area contributed by atoms with Crippen molar-refractivity contribution in [3.05, 3.63) is 0 Å². The lowest BCUT2D eigenvalue weighted by Gasteiger charge is -2.08. The summed E-state index contributed by atoms with van der Waals surface area (Å²) in [4.78, 5) is 11.5. The van der Waals surface area contributed by atoms with E-state index in [0.717, 1.165) is 12.8 Å². The van der Waals surface area contributed by atoms with E-state index in [1.54, 1.807) is 0 Å². The summed E-state index contributed by atoms with van der Waals surface area (Å²) in [5, 5.41) is 0. The van der Waals surface area contributed by atoms with Crippen molar-refractivity contribution < 1.29 is 19.0 Å². The summed E-state index contributed by atoms with van der Waals surface area (Å²) in [5.41, 5.74) is 0. The zero-order chi connectivity index (χ0) is 14.5. The van der Waals surface area contributed by atoms with Gasteiger partial charge in [0.25, 0.3) is 0 Å². The Morgan fingerprint density at radius 3 is 2.32 bits per heavy atom. The van der Waals surface area contributed by atoms with Gasteiger partial charge < -0.3 is 14.2 Å². The first kappa shape index (κ1) is 18.6. The van der Waals surface area contributed by atoms with E-state index in [2.05, 4.69) is 13.8 Å². The number of hydrogen-bond acceptors (Lipinski definition) is 4. The summed E-state index contributed by atoms with van der Waals surface area (Å²) in [6.45, 7) is 11.0. The lowest BCUT2D eigenvalue weighted by Crippen LogP contribution is -2.13. The van der Waals surface area contributed by atoms with Gasteiger partial charge in [-0.2, -0.15) is 0 Å². The SMILES string of the molecule is CC(C)CCOCC(=O)CCCOCCOC(C)C. The molecule has 4 heteroatoms. The smallest absolute Gasteiger partial charge is 0.158 e. The normalized spacial score (nSPS) is 11.5. The molecule has 0 amide bonds. The van der Waals surface area contributed by atoms with Gasteiger partial charge in [0.05, 0.1) is 19.3 Å². The monoisotopic (exact) mass is 274 g/mol. The van der Waals surface area contributed by atoms with E-state index in [1.807, 2.05) is 13.8 Å². The average Bonchev–Trinajstić information content (AvgIpc) is 2.33. The molecule has 0 aromatic heterocycles. The molecule has 0 unspecified atom stereocenters. The highest BCUT2D eigenvalue weighted by Crippen LogP contribution is 2.00. The van der Waals surface area contributed by atoms with Crippen LogP contribution in [0.15, 0.2) is 0 Å². The van der Waals surface area contributed by atoms with Gasteiger partial charge in [0, 0.05) is 19.6 Å². The third-order valence-electron chi connectivity index (χ3n) is 2.53. The van der Waals surface area contributed by atoms with Crippen LogP contribution < -0.4 is 0 Å². The third-order valence-corrected chi connectivity index (χ3v) is 2.53. The maximum Gasteiger partial charge on any atom is 0.158 e. The molecule has 114 valence electrons. The van der Waals surface area contributed by atoms with Crippen molar-refractivity contribution in [2.45, 2.75) is 53.1 Å². The van der Waals surface area contributed by atoms with Crippen LogP contribution in [-0.2, 0) is 19.0 Å². The van der Waals surface area contributed by atoms with E-state index in [-0.39, 0.29) is 18.5 Å². The molecule has 0 aliphatic carbocycles. The van der Waals surface area contributed by atoms with Crippen molar-refractivity contribution in [1.82, 2.24) is 0 Å². The second-order valence-electron chi connectivity index (χ2n) is 5.41. The molecular weight excluding hydrogens is 244 g/mol. The number of carbonyl (C=O) groups excluding carboxylic acids is 1. The molecule has 0 spiro atoms. The third kappa shape index (κ3) is 15.5. The van der Waals surface area contributed by atoms with Gasteiger partial charge in [0.1, 0.15) is 6.61 Å². The lowest BCUT2D eigenvalue weighted by atomic mass is 10.1. The Balaban J connectivity index is 3.20. The van der Waals surface area contributed by atoms with Crippen molar-refractivity contribution in [3.8, 4) is 0 Å². The Kier molecular flexibility index (Phi) is 12.3.